The van der Waals surface area contributed by atoms with Gasteiger partial charge in [-0.05, 0) is 43.3 Å². The molecule has 2 aliphatic rings. The molecule has 0 spiro atoms. The Labute approximate surface area is 169 Å². The van der Waals surface area contributed by atoms with Gasteiger partial charge in [-0.15, -0.1) is 0 Å². The summed E-state index contributed by atoms with van der Waals surface area (Å²) < 4.78 is 11.2. The van der Waals surface area contributed by atoms with Crippen LogP contribution in [0.4, 0.5) is 5.69 Å². The van der Waals surface area contributed by atoms with Gasteiger partial charge >= 0.3 is 0 Å². The van der Waals surface area contributed by atoms with Crippen LogP contribution in [0.5, 0.6) is 5.75 Å². The number of rotatable bonds is 7. The van der Waals surface area contributed by atoms with Crippen LogP contribution in [0.2, 0.25) is 0 Å². The molecule has 1 saturated heterocycles. The van der Waals surface area contributed by atoms with E-state index in [4.69, 9.17) is 9.47 Å². The Morgan fingerprint density at radius 3 is 2.41 bits per heavy atom. The Kier molecular flexibility index (Phi) is 5.57. The van der Waals surface area contributed by atoms with Crippen LogP contribution < -0.4 is 15.4 Å². The highest BCUT2D eigenvalue weighted by Crippen LogP contribution is 2.40. The third kappa shape index (κ3) is 4.14. The van der Waals surface area contributed by atoms with Crippen molar-refractivity contribution < 1.29 is 19.1 Å². The topological polar surface area (TPSA) is 89.5 Å². The van der Waals surface area contributed by atoms with Gasteiger partial charge in [-0.3, -0.25) is 14.6 Å². The zero-order chi connectivity index (χ0) is 20.2. The van der Waals surface area contributed by atoms with Crippen LogP contribution in [0.25, 0.3) is 0 Å². The number of carbonyl (C=O) groups excluding carboxylic acids is 2. The van der Waals surface area contributed by atoms with E-state index in [1.807, 2.05) is 37.3 Å². The highest BCUT2D eigenvalue weighted by molar-refractivity contribution is 5.97. The van der Waals surface area contributed by atoms with Gasteiger partial charge < -0.3 is 20.1 Å². The number of ether oxygens (including phenoxy) is 2. The molecule has 4 atom stereocenters. The smallest absolute Gasteiger partial charge is 0.231 e. The van der Waals surface area contributed by atoms with Crippen molar-refractivity contribution in [2.24, 2.45) is 11.8 Å². The van der Waals surface area contributed by atoms with Crippen molar-refractivity contribution in [2.75, 3.05) is 11.9 Å². The van der Waals surface area contributed by atoms with Gasteiger partial charge in [0.25, 0.3) is 0 Å². The third-order valence-electron chi connectivity index (χ3n) is 5.11. The molecule has 2 N–H and O–H groups in total. The molecule has 29 heavy (non-hydrogen) atoms. The maximum absolute atomic E-state index is 13.0. The number of aromatic nitrogens is 1. The second kappa shape index (κ2) is 8.45. The van der Waals surface area contributed by atoms with E-state index in [0.717, 1.165) is 11.4 Å². The van der Waals surface area contributed by atoms with Crippen LogP contribution in [-0.4, -0.2) is 35.6 Å². The van der Waals surface area contributed by atoms with E-state index in [0.29, 0.717) is 18.8 Å². The van der Waals surface area contributed by atoms with Gasteiger partial charge in [0.15, 0.2) is 0 Å². The zero-order valence-electron chi connectivity index (χ0n) is 16.1. The minimum atomic E-state index is -0.583. The van der Waals surface area contributed by atoms with Crippen molar-refractivity contribution in [3.05, 3.63) is 66.5 Å². The molecule has 1 aromatic carbocycles. The zero-order valence-corrected chi connectivity index (χ0v) is 16.1. The first kappa shape index (κ1) is 19.1. The molecule has 150 valence electrons. The van der Waals surface area contributed by atoms with Crippen molar-refractivity contribution in [3.63, 3.8) is 0 Å². The molecule has 4 unspecified atom stereocenters. The van der Waals surface area contributed by atoms with Crippen LogP contribution in [0, 0.1) is 11.8 Å². The molecule has 2 amide bonds. The van der Waals surface area contributed by atoms with E-state index in [2.05, 4.69) is 15.6 Å². The average molecular weight is 393 g/mol. The molecule has 2 aromatic rings. The number of fused-ring (bicyclic) bond motifs is 2. The number of anilines is 1. The van der Waals surface area contributed by atoms with E-state index in [9.17, 15) is 9.59 Å². The first-order valence-electron chi connectivity index (χ1n) is 9.71. The van der Waals surface area contributed by atoms with Gasteiger partial charge in [0.2, 0.25) is 11.8 Å². The quantitative estimate of drug-likeness (QED) is 0.705. The molecule has 7 nitrogen and oxygen atoms in total. The molecule has 0 aliphatic carbocycles. The van der Waals surface area contributed by atoms with Gasteiger partial charge in [0.05, 0.1) is 42.9 Å². The summed E-state index contributed by atoms with van der Waals surface area (Å²) in [6.45, 7) is 2.80. The molecule has 0 radical (unpaired) electrons. The molecular formula is C22H23N3O4. The van der Waals surface area contributed by atoms with Crippen LogP contribution in [-0.2, 0) is 20.9 Å². The van der Waals surface area contributed by atoms with Crippen LogP contribution in [0.1, 0.15) is 12.6 Å². The summed E-state index contributed by atoms with van der Waals surface area (Å²) in [6, 6.07) is 12.7. The summed E-state index contributed by atoms with van der Waals surface area (Å²) in [7, 11) is 0. The second-order valence-corrected chi connectivity index (χ2v) is 6.99. The van der Waals surface area contributed by atoms with Gasteiger partial charge in [0, 0.05) is 11.9 Å². The summed E-state index contributed by atoms with van der Waals surface area (Å²) in [4.78, 5) is 30.0. The molecule has 3 heterocycles. The minimum absolute atomic E-state index is 0.209. The molecule has 4 rings (SSSR count). The normalized spacial score (nSPS) is 24.3. The summed E-state index contributed by atoms with van der Waals surface area (Å²) >= 11 is 0. The minimum Gasteiger partial charge on any atom is -0.494 e. The van der Waals surface area contributed by atoms with Crippen molar-refractivity contribution in [1.82, 2.24) is 10.3 Å². The average Bonchev–Trinajstić information content (AvgIpc) is 3.36. The summed E-state index contributed by atoms with van der Waals surface area (Å²) in [5, 5.41) is 5.78. The predicted octanol–water partition coefficient (Wildman–Crippen LogP) is 2.30. The maximum atomic E-state index is 13.0. The van der Waals surface area contributed by atoms with Gasteiger partial charge in [0.1, 0.15) is 5.75 Å². The van der Waals surface area contributed by atoms with Crippen molar-refractivity contribution >= 4 is 17.5 Å². The molecule has 1 aromatic heterocycles. The van der Waals surface area contributed by atoms with Crippen LogP contribution in [0.3, 0.4) is 0 Å². The summed E-state index contributed by atoms with van der Waals surface area (Å²) in [5.74, 6) is -0.858. The van der Waals surface area contributed by atoms with E-state index in [-0.39, 0.29) is 17.9 Å². The molecule has 2 aliphatic heterocycles. The van der Waals surface area contributed by atoms with Gasteiger partial charge in [-0.1, -0.05) is 18.2 Å². The molecule has 1 fully saturated rings. The fourth-order valence-electron chi connectivity index (χ4n) is 3.76. The Bertz CT molecular complexity index is 898. The lowest BCUT2D eigenvalue weighted by molar-refractivity contribution is -0.131. The lowest BCUT2D eigenvalue weighted by Crippen LogP contribution is -2.44. The maximum Gasteiger partial charge on any atom is 0.231 e. The number of hydrogen-bond donors (Lipinski definition) is 2. The summed E-state index contributed by atoms with van der Waals surface area (Å²) in [5.41, 5.74) is 1.41. The Morgan fingerprint density at radius 2 is 1.76 bits per heavy atom. The molecule has 0 saturated carbocycles. The van der Waals surface area contributed by atoms with E-state index < -0.39 is 17.9 Å². The number of nitrogens with zero attached hydrogens (tertiary/aromatic N) is 1. The monoisotopic (exact) mass is 393 g/mol. The van der Waals surface area contributed by atoms with Crippen LogP contribution >= 0.6 is 0 Å². The highest BCUT2D eigenvalue weighted by Gasteiger charge is 2.52. The number of nitrogens with one attached hydrogen (secondary N) is 2. The molecular weight excluding hydrogens is 370 g/mol. The number of amides is 2. The predicted molar refractivity (Wildman–Crippen MR) is 107 cm³/mol. The molecule has 2 bridgehead atoms. The number of hydrogen-bond acceptors (Lipinski definition) is 5. The van der Waals surface area contributed by atoms with Gasteiger partial charge in [-0.2, -0.15) is 0 Å². The Morgan fingerprint density at radius 1 is 1.03 bits per heavy atom. The standard InChI is InChI=1S/C22H23N3O4/c1-2-28-16-8-6-14(7-9-16)25-22(27)20-18-11-10-17(29-18)19(20)21(26)24-13-15-5-3-4-12-23-15/h3-12,17-20H,2,13H2,1H3,(H,24,26)(H,25,27). The largest absolute Gasteiger partial charge is 0.494 e. The lowest BCUT2D eigenvalue weighted by Gasteiger charge is -2.23. The van der Waals surface area contributed by atoms with Crippen LogP contribution in [0.15, 0.2) is 60.8 Å². The van der Waals surface area contributed by atoms with Gasteiger partial charge in [-0.25, -0.2) is 0 Å². The molecule has 7 heteroatoms. The lowest BCUT2D eigenvalue weighted by atomic mass is 9.81. The summed E-state index contributed by atoms with van der Waals surface area (Å²) in [6.07, 6.45) is 4.61. The van der Waals surface area contributed by atoms with E-state index in [1.54, 1.807) is 30.5 Å². The SMILES string of the molecule is CCOc1ccc(NC(=O)C2C3C=CC(O3)C2C(=O)NCc2ccccn2)cc1. The van der Waals surface area contributed by atoms with Crippen molar-refractivity contribution in [2.45, 2.75) is 25.7 Å². The number of benzene rings is 1. The van der Waals surface area contributed by atoms with Crippen molar-refractivity contribution in [3.8, 4) is 5.75 Å². The second-order valence-electron chi connectivity index (χ2n) is 6.99. The number of carbonyl (C=O) groups is 2. The Hall–Kier alpha value is -3.19. The highest BCUT2D eigenvalue weighted by atomic mass is 16.5. The Balaban J connectivity index is 1.42. The first-order valence-corrected chi connectivity index (χ1v) is 9.71. The van der Waals surface area contributed by atoms with Crippen molar-refractivity contribution in [1.29, 1.82) is 0 Å². The fraction of sp³-hybridized carbons (Fsp3) is 0.318. The number of pyridine rings is 1. The van der Waals surface area contributed by atoms with E-state index in [1.165, 1.54) is 0 Å². The van der Waals surface area contributed by atoms with E-state index >= 15 is 0 Å². The first-order chi connectivity index (χ1) is 14.2. The third-order valence-corrected chi connectivity index (χ3v) is 5.11. The fourth-order valence-corrected chi connectivity index (χ4v) is 3.76.